The van der Waals surface area contributed by atoms with E-state index >= 15 is 0 Å². The fourth-order valence-electron chi connectivity index (χ4n) is 3.55. The largest absolute Gasteiger partial charge is 0.456 e. The number of hydrogen-bond donors (Lipinski definition) is 0. The van der Waals surface area contributed by atoms with Gasteiger partial charge in [-0.3, -0.25) is 19.2 Å². The van der Waals surface area contributed by atoms with E-state index in [1.54, 1.807) is 22.8 Å². The molecule has 0 N–H and O–H groups in total. The molecule has 1 aromatic heterocycles. The van der Waals surface area contributed by atoms with Gasteiger partial charge in [-0.25, -0.2) is 0 Å². The van der Waals surface area contributed by atoms with Gasteiger partial charge in [-0.05, 0) is 6.07 Å². The molecule has 1 aliphatic rings. The molecule has 0 radical (unpaired) electrons. The van der Waals surface area contributed by atoms with Crippen molar-refractivity contribution in [3.63, 3.8) is 0 Å². The lowest BCUT2D eigenvalue weighted by Crippen LogP contribution is -2.55. The third kappa shape index (κ3) is 4.31. The molecule has 1 aliphatic heterocycles. The Hall–Kier alpha value is -2.91. The smallest absolute Gasteiger partial charge is 0.303 e. The summed E-state index contributed by atoms with van der Waals surface area (Å²) in [5, 5.41) is 0.922. The molecule has 0 amide bonds. The molecule has 0 saturated carbocycles. The Balaban J connectivity index is 2.12. The molecule has 1 saturated heterocycles. The molecule has 0 bridgehead atoms. The predicted octanol–water partition coefficient (Wildman–Crippen LogP) is 2.43. The van der Waals surface area contributed by atoms with E-state index in [0.29, 0.717) is 27.8 Å². The average molecular weight is 438 g/mol. The minimum absolute atomic E-state index is 0.138. The molecule has 1 fully saturated rings. The zero-order chi connectivity index (χ0) is 22.0. The van der Waals surface area contributed by atoms with Gasteiger partial charge >= 0.3 is 17.9 Å². The van der Waals surface area contributed by atoms with E-state index in [4.69, 9.17) is 30.5 Å². The molecule has 3 rings (SSSR count). The Morgan fingerprint density at radius 1 is 1.07 bits per heavy atom. The van der Waals surface area contributed by atoms with Crippen molar-refractivity contribution >= 4 is 46.7 Å². The molecule has 1 aromatic carbocycles. The van der Waals surface area contributed by atoms with Gasteiger partial charge in [-0.1, -0.05) is 23.7 Å². The van der Waals surface area contributed by atoms with Gasteiger partial charge in [0.2, 0.25) is 0 Å². The summed E-state index contributed by atoms with van der Waals surface area (Å²) in [5.41, 5.74) is 0.833. The van der Waals surface area contributed by atoms with E-state index < -0.39 is 42.4 Å². The number of aromatic nitrogens is 1. The van der Waals surface area contributed by atoms with Gasteiger partial charge in [0.05, 0.1) is 17.1 Å². The first kappa shape index (κ1) is 21.8. The number of halogens is 1. The van der Waals surface area contributed by atoms with Crippen molar-refractivity contribution in [1.82, 2.24) is 4.57 Å². The molecule has 30 heavy (non-hydrogen) atoms. The molecule has 0 spiro atoms. The Morgan fingerprint density at radius 2 is 1.70 bits per heavy atom. The van der Waals surface area contributed by atoms with Crippen LogP contribution in [0.3, 0.4) is 0 Å². The van der Waals surface area contributed by atoms with Crippen molar-refractivity contribution in [2.75, 3.05) is 6.61 Å². The van der Waals surface area contributed by atoms with Gasteiger partial charge in [0.15, 0.2) is 30.8 Å². The average Bonchev–Trinajstić information content (AvgIpc) is 3.03. The number of rotatable bonds is 5. The van der Waals surface area contributed by atoms with E-state index in [-0.39, 0.29) is 6.61 Å². The first-order valence-electron chi connectivity index (χ1n) is 9.10. The fourth-order valence-corrected chi connectivity index (χ4v) is 3.82. The highest BCUT2D eigenvalue weighted by Gasteiger charge is 2.48. The topological polar surface area (TPSA) is 110 Å². The summed E-state index contributed by atoms with van der Waals surface area (Å²) in [4.78, 5) is 46.6. The number of para-hydroxylation sites is 1. The van der Waals surface area contributed by atoms with Crippen molar-refractivity contribution < 1.29 is 38.1 Å². The lowest BCUT2D eigenvalue weighted by atomic mass is 10.0. The summed E-state index contributed by atoms with van der Waals surface area (Å²) < 4.78 is 23.4. The number of carbonyl (C=O) groups excluding carboxylic acids is 4. The summed E-state index contributed by atoms with van der Waals surface area (Å²) in [7, 11) is 0. The van der Waals surface area contributed by atoms with Gasteiger partial charge < -0.3 is 23.5 Å². The number of carbonyl (C=O) groups is 4. The van der Waals surface area contributed by atoms with Gasteiger partial charge in [0.25, 0.3) is 0 Å². The Bertz CT molecular complexity index is 1000. The maximum atomic E-state index is 11.8. The van der Waals surface area contributed by atoms with Crippen LogP contribution in [0, 0.1) is 0 Å². The Morgan fingerprint density at radius 3 is 2.30 bits per heavy atom. The van der Waals surface area contributed by atoms with E-state index in [2.05, 4.69) is 0 Å². The van der Waals surface area contributed by atoms with Gasteiger partial charge in [-0.15, -0.1) is 0 Å². The second-order valence-electron chi connectivity index (χ2n) is 6.77. The molecule has 0 aliphatic carbocycles. The standard InChI is InChI=1S/C20H20ClNO8/c1-10(24)28-16-9-27-20(19(30-12(3)26)18(16)29-11(2)25)22-7-13(8-23)14-5-4-6-15(21)17(14)22/h4-8,16,18-20H,9H2,1-3H3/t16-,18+,19-,20-/m1/s1. The SMILES string of the molecule is CC(=O)O[C@@H]1[C@@H](OC(C)=O)[C@H](OC(C)=O)CO[C@H]1n1cc(C=O)c2cccc(Cl)c21. The first-order valence-corrected chi connectivity index (χ1v) is 9.48. The van der Waals surface area contributed by atoms with Crippen LogP contribution >= 0.6 is 11.6 Å². The van der Waals surface area contributed by atoms with E-state index in [1.165, 1.54) is 27.0 Å². The Kier molecular flexibility index (Phi) is 6.42. The van der Waals surface area contributed by atoms with Crippen LogP contribution in [0.4, 0.5) is 0 Å². The second kappa shape index (κ2) is 8.85. The van der Waals surface area contributed by atoms with Crippen LogP contribution in [-0.4, -0.2) is 53.7 Å². The van der Waals surface area contributed by atoms with Crippen LogP contribution < -0.4 is 0 Å². The van der Waals surface area contributed by atoms with Crippen LogP contribution in [0.1, 0.15) is 37.4 Å². The van der Waals surface area contributed by atoms with Crippen molar-refractivity contribution in [2.45, 2.75) is 45.3 Å². The molecular formula is C20H20ClNO8. The second-order valence-corrected chi connectivity index (χ2v) is 7.17. The fraction of sp³-hybridized carbons (Fsp3) is 0.400. The van der Waals surface area contributed by atoms with Crippen LogP contribution in [0.25, 0.3) is 10.9 Å². The minimum atomic E-state index is -1.17. The van der Waals surface area contributed by atoms with Crippen LogP contribution in [-0.2, 0) is 33.3 Å². The van der Waals surface area contributed by atoms with Crippen LogP contribution in [0.5, 0.6) is 0 Å². The monoisotopic (exact) mass is 437 g/mol. The highest BCUT2D eigenvalue weighted by molar-refractivity contribution is 6.35. The van der Waals surface area contributed by atoms with E-state index in [1.807, 2.05) is 0 Å². The number of fused-ring (bicyclic) bond motifs is 1. The van der Waals surface area contributed by atoms with Crippen molar-refractivity contribution in [3.8, 4) is 0 Å². The number of nitrogens with zero attached hydrogens (tertiary/aromatic N) is 1. The number of benzene rings is 1. The van der Waals surface area contributed by atoms with Gasteiger partial charge in [0.1, 0.15) is 0 Å². The van der Waals surface area contributed by atoms with E-state index in [9.17, 15) is 19.2 Å². The van der Waals surface area contributed by atoms with Crippen LogP contribution in [0.15, 0.2) is 24.4 Å². The van der Waals surface area contributed by atoms with Crippen LogP contribution in [0.2, 0.25) is 5.02 Å². The zero-order valence-electron chi connectivity index (χ0n) is 16.5. The third-order valence-electron chi connectivity index (χ3n) is 4.56. The van der Waals surface area contributed by atoms with Gasteiger partial charge in [-0.2, -0.15) is 0 Å². The molecule has 4 atom stereocenters. The summed E-state index contributed by atoms with van der Waals surface area (Å²) in [6.45, 7) is 3.44. The molecule has 2 aromatic rings. The lowest BCUT2D eigenvalue weighted by molar-refractivity contribution is -0.239. The summed E-state index contributed by atoms with van der Waals surface area (Å²) in [6.07, 6.45) is -2.10. The molecule has 9 nitrogen and oxygen atoms in total. The van der Waals surface area contributed by atoms with Gasteiger partial charge in [0, 0.05) is 37.9 Å². The first-order chi connectivity index (χ1) is 14.2. The van der Waals surface area contributed by atoms with Crippen molar-refractivity contribution in [2.24, 2.45) is 0 Å². The normalized spacial score (nSPS) is 23.6. The summed E-state index contributed by atoms with van der Waals surface area (Å²) in [6, 6.07) is 5.06. The zero-order valence-corrected chi connectivity index (χ0v) is 17.3. The molecule has 2 heterocycles. The number of aldehydes is 1. The molecule has 10 heteroatoms. The van der Waals surface area contributed by atoms with Crippen molar-refractivity contribution in [1.29, 1.82) is 0 Å². The Labute approximate surface area is 176 Å². The molecule has 0 unspecified atom stereocenters. The molecular weight excluding hydrogens is 418 g/mol. The predicted molar refractivity (Wildman–Crippen MR) is 104 cm³/mol. The number of esters is 3. The highest BCUT2D eigenvalue weighted by atomic mass is 35.5. The minimum Gasteiger partial charge on any atom is -0.456 e. The quantitative estimate of drug-likeness (QED) is 0.398. The maximum Gasteiger partial charge on any atom is 0.303 e. The summed E-state index contributed by atoms with van der Waals surface area (Å²) >= 11 is 6.37. The summed E-state index contributed by atoms with van der Waals surface area (Å²) in [5.74, 6) is -1.93. The van der Waals surface area contributed by atoms with Crippen molar-refractivity contribution in [3.05, 3.63) is 35.0 Å². The highest BCUT2D eigenvalue weighted by Crippen LogP contribution is 2.36. The third-order valence-corrected chi connectivity index (χ3v) is 4.86. The molecule has 160 valence electrons. The number of hydrogen-bond acceptors (Lipinski definition) is 8. The number of ether oxygens (including phenoxy) is 4. The maximum absolute atomic E-state index is 11.8. The lowest BCUT2D eigenvalue weighted by Gasteiger charge is -2.41. The van der Waals surface area contributed by atoms with E-state index in [0.717, 1.165) is 0 Å².